The fraction of sp³-hybridized carbons (Fsp3) is 0.893. The van der Waals surface area contributed by atoms with Crippen LogP contribution in [0.4, 0.5) is 0 Å². The number of Topliss-reactive ketones (excluding diaryl/α,β-unsaturated/α-hetero) is 2. The highest BCUT2D eigenvalue weighted by molar-refractivity contribution is 5.90. The number of fused-ring (bicyclic) bond motifs is 7. The molecule has 4 saturated carbocycles. The van der Waals surface area contributed by atoms with Crippen LogP contribution >= 0.6 is 0 Å². The van der Waals surface area contributed by atoms with Gasteiger partial charge in [0, 0.05) is 37.5 Å². The first-order valence-corrected chi connectivity index (χ1v) is 13.5. The lowest BCUT2D eigenvalue weighted by atomic mass is 9.44. The third-order valence-corrected chi connectivity index (χ3v) is 11.9. The Morgan fingerprint density at radius 2 is 1.76 bits per heavy atom. The Hall–Kier alpha value is -1.27. The Bertz CT molecular complexity index is 945. The summed E-state index contributed by atoms with van der Waals surface area (Å²) in [4.78, 5) is 38.0. The molecular weight excluding hydrogens is 432 g/mol. The summed E-state index contributed by atoms with van der Waals surface area (Å²) in [5, 5.41) is 0. The highest BCUT2D eigenvalue weighted by Gasteiger charge is 2.71. The summed E-state index contributed by atoms with van der Waals surface area (Å²) in [6.07, 6.45) is 7.28. The molecule has 0 aromatic carbocycles. The second-order valence-electron chi connectivity index (χ2n) is 13.2. The molecule has 6 fully saturated rings. The highest BCUT2D eigenvalue weighted by Crippen LogP contribution is 2.71. The van der Waals surface area contributed by atoms with E-state index in [-0.39, 0.29) is 40.5 Å². The minimum atomic E-state index is -0.947. The fourth-order valence-corrected chi connectivity index (χ4v) is 10.2. The molecule has 0 radical (unpaired) electrons. The number of esters is 1. The molecule has 0 aromatic heterocycles. The van der Waals surface area contributed by atoms with Gasteiger partial charge in [-0.3, -0.25) is 9.59 Å². The van der Waals surface area contributed by atoms with Crippen molar-refractivity contribution in [2.45, 2.75) is 103 Å². The van der Waals surface area contributed by atoms with Crippen LogP contribution in [0, 0.1) is 46.3 Å². The Balaban J connectivity index is 1.27. The van der Waals surface area contributed by atoms with Gasteiger partial charge in [0.1, 0.15) is 11.6 Å². The van der Waals surface area contributed by atoms with Crippen molar-refractivity contribution >= 4 is 17.5 Å². The van der Waals surface area contributed by atoms with Gasteiger partial charge >= 0.3 is 5.97 Å². The van der Waals surface area contributed by atoms with Crippen LogP contribution in [0.5, 0.6) is 0 Å². The Labute approximate surface area is 202 Å². The van der Waals surface area contributed by atoms with Crippen LogP contribution in [0.15, 0.2) is 0 Å². The second kappa shape index (κ2) is 7.15. The predicted octanol–water partition coefficient (Wildman–Crippen LogP) is 4.48. The third kappa shape index (κ3) is 2.79. The molecule has 4 aliphatic carbocycles. The minimum Gasteiger partial charge on any atom is -0.467 e. The van der Waals surface area contributed by atoms with Crippen molar-refractivity contribution in [2.75, 3.05) is 7.11 Å². The zero-order valence-corrected chi connectivity index (χ0v) is 21.4. The normalized spacial score (nSPS) is 56.1. The zero-order chi connectivity index (χ0) is 24.3. The molecule has 2 heterocycles. The Morgan fingerprint density at radius 1 is 1.00 bits per heavy atom. The van der Waals surface area contributed by atoms with E-state index in [0.717, 1.165) is 25.7 Å². The van der Waals surface area contributed by atoms with Gasteiger partial charge in [-0.25, -0.2) is 4.79 Å². The number of rotatable bonds is 1. The van der Waals surface area contributed by atoms with Crippen molar-refractivity contribution in [3.8, 4) is 0 Å². The molecule has 6 rings (SSSR count). The molecule has 0 aromatic rings. The van der Waals surface area contributed by atoms with Gasteiger partial charge in [-0.05, 0) is 73.5 Å². The maximum Gasteiger partial charge on any atom is 0.337 e. The van der Waals surface area contributed by atoms with Crippen LogP contribution in [0.25, 0.3) is 0 Å². The van der Waals surface area contributed by atoms with Gasteiger partial charge in [-0.15, -0.1) is 0 Å². The molecule has 6 nitrogen and oxygen atoms in total. The molecule has 0 N–H and O–H groups in total. The highest BCUT2D eigenvalue weighted by atomic mass is 16.7. The van der Waals surface area contributed by atoms with Gasteiger partial charge in [-0.2, -0.15) is 0 Å². The smallest absolute Gasteiger partial charge is 0.337 e. The standard InChI is InChI=1S/C28H40O6/c1-15-23-22(33-28(15)11-10-27(4,34-28)24(31)32-5)14-19-17-13-21(30)20-12-16(29)6-8-25(20,2)18(17)7-9-26(19,23)3/h15,17-20,22-23H,6-14H2,1-5H3/t15-,17+,18-,19-,20+,22-,23-,25+,26-,27-,28-/m0/s1. The average Bonchev–Trinajstić information content (AvgIpc) is 3.39. The van der Waals surface area contributed by atoms with Gasteiger partial charge < -0.3 is 14.2 Å². The number of ether oxygens (including phenoxy) is 3. The predicted molar refractivity (Wildman–Crippen MR) is 124 cm³/mol. The summed E-state index contributed by atoms with van der Waals surface area (Å²) in [6, 6.07) is 0. The monoisotopic (exact) mass is 472 g/mol. The van der Waals surface area contributed by atoms with Crippen molar-refractivity contribution in [2.24, 2.45) is 46.3 Å². The van der Waals surface area contributed by atoms with Crippen LogP contribution in [0.2, 0.25) is 0 Å². The number of hydrogen-bond acceptors (Lipinski definition) is 6. The van der Waals surface area contributed by atoms with E-state index in [1.807, 2.05) is 6.92 Å². The summed E-state index contributed by atoms with van der Waals surface area (Å²) >= 11 is 0. The van der Waals surface area contributed by atoms with Crippen LogP contribution < -0.4 is 0 Å². The van der Waals surface area contributed by atoms with Crippen molar-refractivity contribution in [3.63, 3.8) is 0 Å². The molecule has 2 aliphatic heterocycles. The van der Waals surface area contributed by atoms with E-state index < -0.39 is 11.4 Å². The lowest BCUT2D eigenvalue weighted by Gasteiger charge is -2.59. The molecule has 0 amide bonds. The average molecular weight is 473 g/mol. The van der Waals surface area contributed by atoms with Crippen molar-refractivity contribution < 1.29 is 28.6 Å². The summed E-state index contributed by atoms with van der Waals surface area (Å²) in [7, 11) is 1.42. The molecular formula is C28H40O6. The van der Waals surface area contributed by atoms with Crippen molar-refractivity contribution in [1.82, 2.24) is 0 Å². The molecule has 6 aliphatic rings. The van der Waals surface area contributed by atoms with Gasteiger partial charge in [0.2, 0.25) is 0 Å². The first-order chi connectivity index (χ1) is 16.0. The van der Waals surface area contributed by atoms with E-state index in [9.17, 15) is 14.4 Å². The lowest BCUT2D eigenvalue weighted by molar-refractivity contribution is -0.259. The number of carbonyl (C=O) groups excluding carboxylic acids is 3. The van der Waals surface area contributed by atoms with Gasteiger partial charge in [0.25, 0.3) is 0 Å². The van der Waals surface area contributed by atoms with E-state index in [4.69, 9.17) is 14.2 Å². The molecule has 6 heteroatoms. The summed E-state index contributed by atoms with van der Waals surface area (Å²) in [5.74, 6) is 1.43. The van der Waals surface area contributed by atoms with Crippen LogP contribution in [-0.2, 0) is 28.6 Å². The fourth-order valence-electron chi connectivity index (χ4n) is 10.2. The van der Waals surface area contributed by atoms with Crippen molar-refractivity contribution in [3.05, 3.63) is 0 Å². The molecule has 2 saturated heterocycles. The van der Waals surface area contributed by atoms with Gasteiger partial charge in [0.15, 0.2) is 11.4 Å². The maximum atomic E-state index is 13.4. The minimum absolute atomic E-state index is 0.0302. The van der Waals surface area contributed by atoms with Crippen LogP contribution in [0.1, 0.15) is 85.5 Å². The quantitative estimate of drug-likeness (QED) is 0.524. The lowest BCUT2D eigenvalue weighted by Crippen LogP contribution is -2.57. The molecule has 0 unspecified atom stereocenters. The molecule has 11 atom stereocenters. The van der Waals surface area contributed by atoms with Crippen molar-refractivity contribution in [1.29, 1.82) is 0 Å². The van der Waals surface area contributed by atoms with E-state index >= 15 is 0 Å². The second-order valence-corrected chi connectivity index (χ2v) is 13.2. The van der Waals surface area contributed by atoms with E-state index in [1.54, 1.807) is 0 Å². The van der Waals surface area contributed by atoms with E-state index in [1.165, 1.54) is 7.11 Å². The Kier molecular flexibility index (Phi) is 4.87. The number of hydrogen-bond donors (Lipinski definition) is 0. The Morgan fingerprint density at radius 3 is 2.50 bits per heavy atom. The molecule has 188 valence electrons. The van der Waals surface area contributed by atoms with Gasteiger partial charge in [-0.1, -0.05) is 20.8 Å². The topological polar surface area (TPSA) is 78.9 Å². The first-order valence-electron chi connectivity index (χ1n) is 13.5. The number of ketones is 2. The summed E-state index contributed by atoms with van der Waals surface area (Å²) < 4.78 is 18.3. The maximum absolute atomic E-state index is 13.4. The van der Waals surface area contributed by atoms with E-state index in [0.29, 0.717) is 61.6 Å². The number of methoxy groups -OCH3 is 1. The molecule has 1 spiro atoms. The summed E-state index contributed by atoms with van der Waals surface area (Å²) in [6.45, 7) is 8.83. The SMILES string of the molecule is COC(=O)[C@]1(C)CC[C@]2(O[C@H]3C[C@H]4[C@@H]5CC(=O)[C@H]6CC(=O)CC[C@]6(C)[C@H]5CC[C@]4(C)[C@H]3[C@@H]2C)O1. The zero-order valence-electron chi connectivity index (χ0n) is 21.4. The van der Waals surface area contributed by atoms with E-state index in [2.05, 4.69) is 20.8 Å². The van der Waals surface area contributed by atoms with Crippen LogP contribution in [-0.4, -0.2) is 42.1 Å². The largest absolute Gasteiger partial charge is 0.467 e. The molecule has 34 heavy (non-hydrogen) atoms. The third-order valence-electron chi connectivity index (χ3n) is 11.9. The van der Waals surface area contributed by atoms with Gasteiger partial charge in [0.05, 0.1) is 13.2 Å². The molecule has 0 bridgehead atoms. The van der Waals surface area contributed by atoms with Crippen LogP contribution in [0.3, 0.4) is 0 Å². The first kappa shape index (κ1) is 23.1. The summed E-state index contributed by atoms with van der Waals surface area (Å²) in [5.41, 5.74) is -0.870. The number of carbonyl (C=O) groups is 3.